The summed E-state index contributed by atoms with van der Waals surface area (Å²) in [6, 6.07) is 6.78. The molecule has 0 aromatic heterocycles. The summed E-state index contributed by atoms with van der Waals surface area (Å²) in [4.78, 5) is 0. The number of nitrogens with two attached hydrogens (primary N) is 1. The van der Waals surface area contributed by atoms with Crippen molar-refractivity contribution in [1.82, 2.24) is 0 Å². The maximum atomic E-state index is 5.94. The van der Waals surface area contributed by atoms with Gasteiger partial charge in [-0.25, -0.2) is 0 Å². The smallest absolute Gasteiger partial charge is 0.0578 e. The minimum absolute atomic E-state index is 0.607. The lowest BCUT2D eigenvalue weighted by molar-refractivity contribution is 0.667. The van der Waals surface area contributed by atoms with Crippen molar-refractivity contribution in [1.29, 1.82) is 0 Å². The van der Waals surface area contributed by atoms with Crippen LogP contribution in [0.15, 0.2) is 18.2 Å². The van der Waals surface area contributed by atoms with Crippen molar-refractivity contribution in [3.63, 3.8) is 0 Å². The molecule has 82 valence electrons. The van der Waals surface area contributed by atoms with Crippen LogP contribution in [0.2, 0.25) is 0 Å². The van der Waals surface area contributed by atoms with Crippen LogP contribution in [0, 0.1) is 6.92 Å². The summed E-state index contributed by atoms with van der Waals surface area (Å²) in [6.07, 6.45) is 2.50. The number of anilines is 2. The second-order valence-electron chi connectivity index (χ2n) is 4.12. The third-order valence-electron chi connectivity index (χ3n) is 2.79. The minimum Gasteiger partial charge on any atom is -0.397 e. The first kappa shape index (κ1) is 10.7. The number of hydrogen-bond acceptors (Lipinski definition) is 3. The van der Waals surface area contributed by atoms with Gasteiger partial charge in [0.05, 0.1) is 11.4 Å². The molecule has 0 atom stereocenters. The molecule has 3 N–H and O–H groups in total. The summed E-state index contributed by atoms with van der Waals surface area (Å²) < 4.78 is 0. The van der Waals surface area contributed by atoms with E-state index in [9.17, 15) is 0 Å². The lowest BCUT2D eigenvalue weighted by Crippen LogP contribution is -2.24. The van der Waals surface area contributed by atoms with E-state index in [1.807, 2.05) is 17.8 Å². The number of thioether (sulfide) groups is 1. The van der Waals surface area contributed by atoms with E-state index in [0.29, 0.717) is 6.04 Å². The molecule has 1 aromatic carbocycles. The molecule has 1 fully saturated rings. The summed E-state index contributed by atoms with van der Waals surface area (Å²) >= 11 is 2.05. The second kappa shape index (κ2) is 4.79. The van der Waals surface area contributed by atoms with Gasteiger partial charge in [0.2, 0.25) is 0 Å². The molecule has 15 heavy (non-hydrogen) atoms. The van der Waals surface area contributed by atoms with E-state index in [4.69, 9.17) is 5.73 Å². The van der Waals surface area contributed by atoms with E-state index in [0.717, 1.165) is 11.4 Å². The summed E-state index contributed by atoms with van der Waals surface area (Å²) in [6.45, 7) is 2.10. The molecule has 2 rings (SSSR count). The van der Waals surface area contributed by atoms with Crippen molar-refractivity contribution in [2.45, 2.75) is 25.8 Å². The van der Waals surface area contributed by atoms with E-state index >= 15 is 0 Å². The number of hydrogen-bond donors (Lipinski definition) is 2. The fourth-order valence-electron chi connectivity index (χ4n) is 1.86. The molecule has 0 amide bonds. The Morgan fingerprint density at radius 1 is 1.33 bits per heavy atom. The van der Waals surface area contributed by atoms with E-state index in [1.165, 1.54) is 29.9 Å². The van der Waals surface area contributed by atoms with Gasteiger partial charge in [-0.3, -0.25) is 0 Å². The van der Waals surface area contributed by atoms with E-state index in [1.54, 1.807) is 0 Å². The second-order valence-corrected chi connectivity index (χ2v) is 5.35. The number of benzene rings is 1. The van der Waals surface area contributed by atoms with E-state index in [-0.39, 0.29) is 0 Å². The minimum atomic E-state index is 0.607. The predicted molar refractivity (Wildman–Crippen MR) is 69.6 cm³/mol. The first-order chi connectivity index (χ1) is 7.25. The van der Waals surface area contributed by atoms with Crippen LogP contribution in [0.1, 0.15) is 18.4 Å². The van der Waals surface area contributed by atoms with E-state index in [2.05, 4.69) is 24.4 Å². The molecule has 0 radical (unpaired) electrons. The molecule has 0 aliphatic carbocycles. The monoisotopic (exact) mass is 222 g/mol. The number of nitrogens with one attached hydrogen (secondary N) is 1. The van der Waals surface area contributed by atoms with Crippen LogP contribution in [0.5, 0.6) is 0 Å². The normalized spacial score (nSPS) is 17.7. The Bertz CT molecular complexity index is 332. The number of aryl methyl sites for hydroxylation is 1. The van der Waals surface area contributed by atoms with Gasteiger partial charge in [-0.1, -0.05) is 6.07 Å². The summed E-state index contributed by atoms with van der Waals surface area (Å²) in [5.74, 6) is 2.53. The largest absolute Gasteiger partial charge is 0.397 e. The third kappa shape index (κ3) is 2.81. The summed E-state index contributed by atoms with van der Waals surface area (Å²) in [7, 11) is 0. The molecular formula is C12H18N2S. The Kier molecular flexibility index (Phi) is 3.41. The van der Waals surface area contributed by atoms with Crippen LogP contribution in [-0.4, -0.2) is 17.5 Å². The van der Waals surface area contributed by atoms with Crippen molar-refractivity contribution in [3.05, 3.63) is 23.8 Å². The molecule has 0 spiro atoms. The first-order valence-electron chi connectivity index (χ1n) is 5.46. The molecule has 0 unspecified atom stereocenters. The molecule has 1 heterocycles. The van der Waals surface area contributed by atoms with Gasteiger partial charge < -0.3 is 11.1 Å². The standard InChI is InChI=1S/C12H18N2S/c1-9-2-3-11(13)12(8-9)14-10-4-6-15-7-5-10/h2-3,8,10,14H,4-7,13H2,1H3. The lowest BCUT2D eigenvalue weighted by Gasteiger charge is -2.24. The van der Waals surface area contributed by atoms with Gasteiger partial charge in [0, 0.05) is 6.04 Å². The van der Waals surface area contributed by atoms with Gasteiger partial charge in [0.1, 0.15) is 0 Å². The molecule has 1 aliphatic heterocycles. The zero-order chi connectivity index (χ0) is 10.7. The fraction of sp³-hybridized carbons (Fsp3) is 0.500. The molecule has 1 aliphatic rings. The highest BCUT2D eigenvalue weighted by molar-refractivity contribution is 7.99. The van der Waals surface area contributed by atoms with Crippen LogP contribution in [0.4, 0.5) is 11.4 Å². The van der Waals surface area contributed by atoms with Crippen molar-refractivity contribution >= 4 is 23.1 Å². The van der Waals surface area contributed by atoms with Crippen molar-refractivity contribution in [2.24, 2.45) is 0 Å². The number of rotatable bonds is 2. The molecule has 1 aromatic rings. The molecule has 2 nitrogen and oxygen atoms in total. The van der Waals surface area contributed by atoms with Crippen LogP contribution in [0.3, 0.4) is 0 Å². The molecule has 0 bridgehead atoms. The van der Waals surface area contributed by atoms with Gasteiger partial charge in [-0.2, -0.15) is 11.8 Å². The topological polar surface area (TPSA) is 38.0 Å². The summed E-state index contributed by atoms with van der Waals surface area (Å²) in [5, 5.41) is 3.55. The third-order valence-corrected chi connectivity index (χ3v) is 3.84. The van der Waals surface area contributed by atoms with E-state index < -0.39 is 0 Å². The Morgan fingerprint density at radius 3 is 2.80 bits per heavy atom. The lowest BCUT2D eigenvalue weighted by atomic mass is 10.1. The van der Waals surface area contributed by atoms with Gasteiger partial charge in [-0.05, 0) is 49.0 Å². The SMILES string of the molecule is Cc1ccc(N)c(NC2CCSCC2)c1. The van der Waals surface area contributed by atoms with Gasteiger partial charge in [0.15, 0.2) is 0 Å². The van der Waals surface area contributed by atoms with Gasteiger partial charge in [0.25, 0.3) is 0 Å². The average Bonchev–Trinajstić information content (AvgIpc) is 2.25. The number of nitrogen functional groups attached to an aromatic ring is 1. The Balaban J connectivity index is 2.05. The fourth-order valence-corrected chi connectivity index (χ4v) is 2.96. The van der Waals surface area contributed by atoms with Crippen LogP contribution in [0.25, 0.3) is 0 Å². The van der Waals surface area contributed by atoms with Crippen LogP contribution >= 0.6 is 11.8 Å². The zero-order valence-electron chi connectivity index (χ0n) is 9.12. The molecule has 1 saturated heterocycles. The molecule has 0 saturated carbocycles. The molecular weight excluding hydrogens is 204 g/mol. The molecule has 3 heteroatoms. The maximum Gasteiger partial charge on any atom is 0.0578 e. The summed E-state index contributed by atoms with van der Waals surface area (Å²) in [5.41, 5.74) is 9.16. The maximum absolute atomic E-state index is 5.94. The quantitative estimate of drug-likeness (QED) is 0.756. The Morgan fingerprint density at radius 2 is 2.07 bits per heavy atom. The predicted octanol–water partition coefficient (Wildman–Crippen LogP) is 2.88. The highest BCUT2D eigenvalue weighted by Gasteiger charge is 2.14. The van der Waals surface area contributed by atoms with Crippen LogP contribution < -0.4 is 11.1 Å². The van der Waals surface area contributed by atoms with Crippen molar-refractivity contribution < 1.29 is 0 Å². The highest BCUT2D eigenvalue weighted by Crippen LogP contribution is 2.25. The Hall–Kier alpha value is -0.830. The zero-order valence-corrected chi connectivity index (χ0v) is 9.94. The van der Waals surface area contributed by atoms with Gasteiger partial charge >= 0.3 is 0 Å². The average molecular weight is 222 g/mol. The van der Waals surface area contributed by atoms with Crippen molar-refractivity contribution in [2.75, 3.05) is 22.6 Å². The Labute approximate surface area is 95.6 Å². The van der Waals surface area contributed by atoms with Gasteiger partial charge in [-0.15, -0.1) is 0 Å². The first-order valence-corrected chi connectivity index (χ1v) is 6.61. The highest BCUT2D eigenvalue weighted by atomic mass is 32.2. The van der Waals surface area contributed by atoms with Crippen LogP contribution in [-0.2, 0) is 0 Å². The van der Waals surface area contributed by atoms with Crippen molar-refractivity contribution in [3.8, 4) is 0 Å².